The second-order valence-electron chi connectivity index (χ2n) is 8.43. The van der Waals surface area contributed by atoms with E-state index in [0.717, 1.165) is 44.9 Å². The molecule has 1 aliphatic rings. The molecule has 0 N–H and O–H groups in total. The summed E-state index contributed by atoms with van der Waals surface area (Å²) in [6, 6.07) is 0. The van der Waals surface area contributed by atoms with Gasteiger partial charge >= 0.3 is 11.9 Å². The van der Waals surface area contributed by atoms with Crippen LogP contribution in [-0.4, -0.2) is 25.2 Å². The van der Waals surface area contributed by atoms with Crippen LogP contribution >= 0.6 is 0 Å². The van der Waals surface area contributed by atoms with E-state index >= 15 is 0 Å². The molecule has 1 rings (SSSR count). The highest BCUT2D eigenvalue weighted by Gasteiger charge is 2.32. The number of carbonyl (C=O) groups excluding carboxylic acids is 2. The maximum absolute atomic E-state index is 12.3. The van der Waals surface area contributed by atoms with Gasteiger partial charge in [-0.2, -0.15) is 0 Å². The minimum atomic E-state index is -0.125. The zero-order valence-electron chi connectivity index (χ0n) is 18.5. The predicted molar refractivity (Wildman–Crippen MR) is 114 cm³/mol. The first-order valence-corrected chi connectivity index (χ1v) is 12.0. The Morgan fingerprint density at radius 1 is 0.643 bits per heavy atom. The summed E-state index contributed by atoms with van der Waals surface area (Å²) in [7, 11) is 0. The molecule has 28 heavy (non-hydrogen) atoms. The highest BCUT2D eigenvalue weighted by molar-refractivity contribution is 5.76. The van der Waals surface area contributed by atoms with Crippen molar-refractivity contribution in [1.29, 1.82) is 0 Å². The summed E-state index contributed by atoms with van der Waals surface area (Å²) in [6.07, 6.45) is 17.5. The summed E-state index contributed by atoms with van der Waals surface area (Å²) in [6.45, 7) is 5.45. The fourth-order valence-corrected chi connectivity index (χ4v) is 3.96. The third-order valence-electron chi connectivity index (χ3n) is 5.83. The first-order valence-electron chi connectivity index (χ1n) is 12.0. The topological polar surface area (TPSA) is 52.6 Å². The number of ether oxygens (including phenoxy) is 2. The average Bonchev–Trinajstić information content (AvgIpc) is 2.72. The van der Waals surface area contributed by atoms with E-state index in [9.17, 15) is 9.59 Å². The molecule has 0 saturated heterocycles. The molecule has 0 aromatic carbocycles. The number of carbonyl (C=O) groups is 2. The van der Waals surface area contributed by atoms with E-state index in [0.29, 0.717) is 19.6 Å². The molecule has 0 aliphatic heterocycles. The Bertz CT molecular complexity index is 407. The highest BCUT2D eigenvalue weighted by Crippen LogP contribution is 2.31. The molecule has 0 aromatic heterocycles. The molecule has 164 valence electrons. The van der Waals surface area contributed by atoms with Crippen molar-refractivity contribution in [3.8, 4) is 0 Å². The lowest BCUT2D eigenvalue weighted by molar-refractivity contribution is -0.155. The molecule has 2 unspecified atom stereocenters. The smallest absolute Gasteiger partial charge is 0.308 e. The second kappa shape index (κ2) is 16.9. The highest BCUT2D eigenvalue weighted by atomic mass is 16.5. The Morgan fingerprint density at radius 3 is 1.50 bits per heavy atom. The first kappa shape index (κ1) is 25.0. The average molecular weight is 397 g/mol. The first-order chi connectivity index (χ1) is 13.7. The predicted octanol–water partition coefficient (Wildman–Crippen LogP) is 6.60. The van der Waals surface area contributed by atoms with E-state index in [1.807, 2.05) is 0 Å². The molecule has 1 aliphatic carbocycles. The van der Waals surface area contributed by atoms with Crippen LogP contribution in [0, 0.1) is 11.8 Å². The molecule has 0 radical (unpaired) electrons. The quantitative estimate of drug-likeness (QED) is 0.218. The van der Waals surface area contributed by atoms with Crippen molar-refractivity contribution in [3.63, 3.8) is 0 Å². The lowest BCUT2D eigenvalue weighted by Gasteiger charge is -2.26. The molecule has 0 bridgehead atoms. The molecule has 1 fully saturated rings. The molecular formula is C24H44O4. The van der Waals surface area contributed by atoms with Gasteiger partial charge in [-0.3, -0.25) is 9.59 Å². The van der Waals surface area contributed by atoms with Crippen molar-refractivity contribution < 1.29 is 19.1 Å². The van der Waals surface area contributed by atoms with Crippen molar-refractivity contribution in [2.24, 2.45) is 11.8 Å². The molecule has 0 aromatic rings. The number of hydrogen-bond acceptors (Lipinski definition) is 4. The Kier molecular flexibility index (Phi) is 15.0. The summed E-state index contributed by atoms with van der Waals surface area (Å²) < 4.78 is 10.9. The van der Waals surface area contributed by atoms with Gasteiger partial charge < -0.3 is 9.47 Å². The van der Waals surface area contributed by atoms with Gasteiger partial charge in [0.15, 0.2) is 0 Å². The maximum Gasteiger partial charge on any atom is 0.308 e. The lowest BCUT2D eigenvalue weighted by Crippen LogP contribution is -2.30. The van der Waals surface area contributed by atoms with Crippen LogP contribution in [0.2, 0.25) is 0 Å². The Labute approximate surface area is 173 Å². The number of rotatable bonds is 16. The molecule has 4 nitrogen and oxygen atoms in total. The van der Waals surface area contributed by atoms with E-state index in [1.165, 1.54) is 51.4 Å². The number of esters is 2. The van der Waals surface area contributed by atoms with Gasteiger partial charge in [0.2, 0.25) is 0 Å². The fourth-order valence-electron chi connectivity index (χ4n) is 3.96. The minimum Gasteiger partial charge on any atom is -0.465 e. The van der Waals surface area contributed by atoms with Crippen LogP contribution in [0.5, 0.6) is 0 Å². The summed E-state index contributed by atoms with van der Waals surface area (Å²) in [5.74, 6) is -0.471. The lowest BCUT2D eigenvalue weighted by atomic mass is 9.81. The van der Waals surface area contributed by atoms with Crippen molar-refractivity contribution >= 4 is 11.9 Å². The summed E-state index contributed by atoms with van der Waals surface area (Å²) in [4.78, 5) is 24.6. The monoisotopic (exact) mass is 396 g/mol. The van der Waals surface area contributed by atoms with Gasteiger partial charge in [0.1, 0.15) is 0 Å². The summed E-state index contributed by atoms with van der Waals surface area (Å²) in [5, 5.41) is 0. The van der Waals surface area contributed by atoms with Crippen LogP contribution in [0.3, 0.4) is 0 Å². The third kappa shape index (κ3) is 11.7. The van der Waals surface area contributed by atoms with Crippen molar-refractivity contribution in [3.05, 3.63) is 0 Å². The normalized spacial score (nSPS) is 19.4. The standard InChI is InChI=1S/C24H44O4/c1-3-5-7-9-10-11-12-14-19-28-24(26)22-17-15-16-21(20-22)23(25)27-18-13-8-6-4-2/h21-22H,3-20H2,1-2H3. The van der Waals surface area contributed by atoms with Crippen molar-refractivity contribution in [1.82, 2.24) is 0 Å². The van der Waals surface area contributed by atoms with E-state index in [1.54, 1.807) is 0 Å². The van der Waals surface area contributed by atoms with Crippen molar-refractivity contribution in [2.75, 3.05) is 13.2 Å². The van der Waals surface area contributed by atoms with Gasteiger partial charge in [0.05, 0.1) is 25.0 Å². The SMILES string of the molecule is CCCCCCCCCCOC(=O)C1CCCC(C(=O)OCCCCCC)C1. The van der Waals surface area contributed by atoms with Gasteiger partial charge in [-0.25, -0.2) is 0 Å². The van der Waals surface area contributed by atoms with E-state index in [4.69, 9.17) is 9.47 Å². The van der Waals surface area contributed by atoms with Crippen LogP contribution in [0.25, 0.3) is 0 Å². The molecule has 0 amide bonds. The third-order valence-corrected chi connectivity index (χ3v) is 5.83. The van der Waals surface area contributed by atoms with E-state index < -0.39 is 0 Å². The van der Waals surface area contributed by atoms with Gasteiger partial charge in [-0.15, -0.1) is 0 Å². The molecule has 1 saturated carbocycles. The van der Waals surface area contributed by atoms with Gasteiger partial charge in [0, 0.05) is 0 Å². The van der Waals surface area contributed by atoms with E-state index in [-0.39, 0.29) is 23.8 Å². The molecule has 0 heterocycles. The van der Waals surface area contributed by atoms with Crippen molar-refractivity contribution in [2.45, 2.75) is 117 Å². The molecular weight excluding hydrogens is 352 g/mol. The van der Waals surface area contributed by atoms with Gasteiger partial charge in [-0.1, -0.05) is 84.5 Å². The van der Waals surface area contributed by atoms with Crippen LogP contribution < -0.4 is 0 Å². The van der Waals surface area contributed by atoms with Crippen LogP contribution in [0.4, 0.5) is 0 Å². The largest absolute Gasteiger partial charge is 0.465 e. The second-order valence-corrected chi connectivity index (χ2v) is 8.43. The summed E-state index contributed by atoms with van der Waals surface area (Å²) in [5.41, 5.74) is 0. The van der Waals surface area contributed by atoms with Crippen LogP contribution in [0.1, 0.15) is 117 Å². The Morgan fingerprint density at radius 2 is 1.04 bits per heavy atom. The fraction of sp³-hybridized carbons (Fsp3) is 0.917. The Hall–Kier alpha value is -1.06. The zero-order chi connectivity index (χ0) is 20.5. The van der Waals surface area contributed by atoms with Gasteiger partial charge in [-0.05, 0) is 32.1 Å². The summed E-state index contributed by atoms with van der Waals surface area (Å²) >= 11 is 0. The van der Waals surface area contributed by atoms with Crippen LogP contribution in [0.15, 0.2) is 0 Å². The molecule has 0 spiro atoms. The minimum absolute atomic E-state index is 0.108. The number of hydrogen-bond donors (Lipinski definition) is 0. The van der Waals surface area contributed by atoms with Crippen LogP contribution in [-0.2, 0) is 19.1 Å². The molecule has 4 heteroatoms. The van der Waals surface area contributed by atoms with Gasteiger partial charge in [0.25, 0.3) is 0 Å². The Balaban J connectivity index is 2.10. The number of unbranched alkanes of at least 4 members (excludes halogenated alkanes) is 10. The zero-order valence-corrected chi connectivity index (χ0v) is 18.5. The maximum atomic E-state index is 12.3. The van der Waals surface area contributed by atoms with E-state index in [2.05, 4.69) is 13.8 Å². The molecule has 2 atom stereocenters.